The predicted molar refractivity (Wildman–Crippen MR) is 138 cm³/mol. The van der Waals surface area contributed by atoms with E-state index in [9.17, 15) is 8.42 Å². The van der Waals surface area contributed by atoms with Crippen molar-refractivity contribution in [2.45, 2.75) is 4.90 Å². The molecule has 0 amide bonds. The SMILES string of the molecule is Cn1cc(-c2ccc3c(c2)ncn3-c2cc(NS(=O)(=O)c3ccccc3)cc(-n3cccc3)c2)nn1. The van der Waals surface area contributed by atoms with Crippen molar-refractivity contribution in [3.8, 4) is 22.6 Å². The highest BCUT2D eigenvalue weighted by atomic mass is 32.2. The average Bonchev–Trinajstić information content (AvgIpc) is 3.65. The summed E-state index contributed by atoms with van der Waals surface area (Å²) >= 11 is 0. The molecule has 1 N–H and O–H groups in total. The number of hydrogen-bond acceptors (Lipinski definition) is 5. The Morgan fingerprint density at radius 1 is 0.861 bits per heavy atom. The smallest absolute Gasteiger partial charge is 0.261 e. The van der Waals surface area contributed by atoms with Gasteiger partial charge in [-0.15, -0.1) is 5.10 Å². The number of hydrogen-bond donors (Lipinski definition) is 1. The molecule has 3 heterocycles. The quantitative estimate of drug-likeness (QED) is 0.369. The molecule has 9 nitrogen and oxygen atoms in total. The van der Waals surface area contributed by atoms with Gasteiger partial charge in [-0.05, 0) is 54.6 Å². The van der Waals surface area contributed by atoms with E-state index < -0.39 is 10.0 Å². The number of sulfonamides is 1. The summed E-state index contributed by atoms with van der Waals surface area (Å²) in [7, 11) is -1.94. The molecule has 36 heavy (non-hydrogen) atoms. The zero-order valence-corrected chi connectivity index (χ0v) is 20.0. The van der Waals surface area contributed by atoms with E-state index in [0.717, 1.165) is 33.7 Å². The first kappa shape index (κ1) is 21.8. The van der Waals surface area contributed by atoms with Crippen LogP contribution in [0.3, 0.4) is 0 Å². The summed E-state index contributed by atoms with van der Waals surface area (Å²) in [6.45, 7) is 0. The van der Waals surface area contributed by atoms with E-state index in [1.165, 1.54) is 0 Å². The maximum absolute atomic E-state index is 13.0. The van der Waals surface area contributed by atoms with Gasteiger partial charge in [-0.3, -0.25) is 14.0 Å². The number of nitrogens with one attached hydrogen (secondary N) is 1. The van der Waals surface area contributed by atoms with Crippen LogP contribution in [0.1, 0.15) is 0 Å². The number of benzene rings is 3. The zero-order chi connectivity index (χ0) is 24.7. The number of anilines is 1. The number of imidazole rings is 1. The lowest BCUT2D eigenvalue weighted by Crippen LogP contribution is -2.13. The molecule has 10 heteroatoms. The van der Waals surface area contributed by atoms with Crippen LogP contribution in [0.4, 0.5) is 5.69 Å². The molecule has 0 radical (unpaired) electrons. The van der Waals surface area contributed by atoms with Gasteiger partial charge in [0.25, 0.3) is 10.0 Å². The van der Waals surface area contributed by atoms with Crippen LogP contribution in [0.5, 0.6) is 0 Å². The first-order valence-corrected chi connectivity index (χ1v) is 12.7. The molecule has 0 fully saturated rings. The van der Waals surface area contributed by atoms with E-state index in [2.05, 4.69) is 20.0 Å². The second-order valence-electron chi connectivity index (χ2n) is 8.34. The maximum atomic E-state index is 13.0. The molecule has 0 saturated heterocycles. The summed E-state index contributed by atoms with van der Waals surface area (Å²) in [5.41, 5.74) is 5.36. The molecule has 0 aliphatic carbocycles. The lowest BCUT2D eigenvalue weighted by Gasteiger charge is -2.14. The standard InChI is InChI=1S/C26H21N7O2S/c1-31-17-25(28-30-31)19-9-10-26-24(13-19)27-18-33(26)22-15-20(14-21(16-22)32-11-5-6-12-32)29-36(34,35)23-7-3-2-4-8-23/h2-18,29H,1H3. The Kier molecular flexibility index (Phi) is 5.15. The Morgan fingerprint density at radius 3 is 2.39 bits per heavy atom. The van der Waals surface area contributed by atoms with Crippen LogP contribution < -0.4 is 4.72 Å². The van der Waals surface area contributed by atoms with Crippen molar-refractivity contribution in [2.24, 2.45) is 7.05 Å². The summed E-state index contributed by atoms with van der Waals surface area (Å²) in [6, 6.07) is 23.6. The summed E-state index contributed by atoms with van der Waals surface area (Å²) < 4.78 is 34.3. The minimum absolute atomic E-state index is 0.197. The summed E-state index contributed by atoms with van der Waals surface area (Å²) in [6.07, 6.45) is 7.40. The molecule has 6 rings (SSSR count). The minimum Gasteiger partial charge on any atom is -0.324 e. The summed E-state index contributed by atoms with van der Waals surface area (Å²) in [4.78, 5) is 4.79. The molecule has 0 aliphatic heterocycles. The topological polar surface area (TPSA) is 99.6 Å². The van der Waals surface area contributed by atoms with Crippen LogP contribution in [-0.4, -0.2) is 37.5 Å². The van der Waals surface area contributed by atoms with Gasteiger partial charge in [0, 0.05) is 30.7 Å². The normalized spacial score (nSPS) is 11.7. The van der Waals surface area contributed by atoms with Crippen LogP contribution >= 0.6 is 0 Å². The molecule has 0 atom stereocenters. The predicted octanol–water partition coefficient (Wildman–Crippen LogP) is 4.41. The largest absolute Gasteiger partial charge is 0.324 e. The molecular weight excluding hydrogens is 474 g/mol. The fourth-order valence-electron chi connectivity index (χ4n) is 4.12. The van der Waals surface area contributed by atoms with E-state index >= 15 is 0 Å². The summed E-state index contributed by atoms with van der Waals surface area (Å²) in [5, 5.41) is 8.18. The Morgan fingerprint density at radius 2 is 1.64 bits per heavy atom. The highest BCUT2D eigenvalue weighted by molar-refractivity contribution is 7.92. The van der Waals surface area contributed by atoms with Gasteiger partial charge in [0.1, 0.15) is 12.0 Å². The van der Waals surface area contributed by atoms with Gasteiger partial charge in [0.15, 0.2) is 0 Å². The van der Waals surface area contributed by atoms with E-state index in [4.69, 9.17) is 0 Å². The van der Waals surface area contributed by atoms with Crippen molar-refractivity contribution in [3.63, 3.8) is 0 Å². The van der Waals surface area contributed by atoms with Crippen molar-refractivity contribution >= 4 is 26.7 Å². The molecule has 0 spiro atoms. The van der Waals surface area contributed by atoms with Gasteiger partial charge in [-0.25, -0.2) is 13.4 Å². The molecule has 0 saturated carbocycles. The third-order valence-corrected chi connectivity index (χ3v) is 7.23. The van der Waals surface area contributed by atoms with Crippen LogP contribution in [0, 0.1) is 0 Å². The number of aryl methyl sites for hydroxylation is 1. The van der Waals surface area contributed by atoms with Gasteiger partial charge in [-0.1, -0.05) is 29.5 Å². The number of rotatable bonds is 6. The molecule has 0 unspecified atom stereocenters. The van der Waals surface area contributed by atoms with E-state index in [-0.39, 0.29) is 4.90 Å². The van der Waals surface area contributed by atoms with Crippen molar-refractivity contribution < 1.29 is 8.42 Å². The van der Waals surface area contributed by atoms with Gasteiger partial charge in [-0.2, -0.15) is 0 Å². The maximum Gasteiger partial charge on any atom is 0.261 e. The lowest BCUT2D eigenvalue weighted by atomic mass is 10.1. The van der Waals surface area contributed by atoms with E-state index in [1.807, 2.05) is 71.2 Å². The number of nitrogens with zero attached hydrogens (tertiary/aromatic N) is 6. The first-order chi connectivity index (χ1) is 17.5. The molecular formula is C26H21N7O2S. The average molecular weight is 496 g/mol. The van der Waals surface area contributed by atoms with Crippen molar-refractivity contribution in [3.05, 3.63) is 104 Å². The fourth-order valence-corrected chi connectivity index (χ4v) is 5.18. The van der Waals surface area contributed by atoms with Crippen molar-refractivity contribution in [1.82, 2.24) is 29.1 Å². The van der Waals surface area contributed by atoms with Crippen LogP contribution in [0.15, 0.2) is 109 Å². The van der Waals surface area contributed by atoms with Crippen LogP contribution in [0.25, 0.3) is 33.7 Å². The third-order valence-electron chi connectivity index (χ3n) is 5.83. The Hall–Kier alpha value is -4.70. The molecule has 178 valence electrons. The van der Waals surface area contributed by atoms with Gasteiger partial charge in [0.2, 0.25) is 0 Å². The van der Waals surface area contributed by atoms with Gasteiger partial charge >= 0.3 is 0 Å². The lowest BCUT2D eigenvalue weighted by molar-refractivity contribution is 0.601. The summed E-state index contributed by atoms with van der Waals surface area (Å²) in [5.74, 6) is 0. The zero-order valence-electron chi connectivity index (χ0n) is 19.2. The molecule has 3 aromatic carbocycles. The molecule has 0 aliphatic rings. The Bertz CT molecular complexity index is 1790. The van der Waals surface area contributed by atoms with E-state index in [1.54, 1.807) is 53.5 Å². The van der Waals surface area contributed by atoms with Gasteiger partial charge in [0.05, 0.1) is 33.5 Å². The Balaban J connectivity index is 1.45. The third kappa shape index (κ3) is 4.03. The van der Waals surface area contributed by atoms with Gasteiger partial charge < -0.3 is 4.57 Å². The van der Waals surface area contributed by atoms with Crippen molar-refractivity contribution in [2.75, 3.05) is 4.72 Å². The highest BCUT2D eigenvalue weighted by Gasteiger charge is 2.16. The van der Waals surface area contributed by atoms with Crippen LogP contribution in [0.2, 0.25) is 0 Å². The molecule has 0 bridgehead atoms. The fraction of sp³-hybridized carbons (Fsp3) is 0.0385. The Labute approximate surface area is 207 Å². The molecule has 6 aromatic rings. The minimum atomic E-state index is -3.76. The second kappa shape index (κ2) is 8.51. The van der Waals surface area contributed by atoms with Crippen LogP contribution in [-0.2, 0) is 17.1 Å². The highest BCUT2D eigenvalue weighted by Crippen LogP contribution is 2.28. The second-order valence-corrected chi connectivity index (χ2v) is 10.0. The number of aromatic nitrogens is 6. The molecule has 3 aromatic heterocycles. The first-order valence-electron chi connectivity index (χ1n) is 11.2. The van der Waals surface area contributed by atoms with Crippen molar-refractivity contribution in [1.29, 1.82) is 0 Å². The monoisotopic (exact) mass is 495 g/mol. The van der Waals surface area contributed by atoms with E-state index in [0.29, 0.717) is 5.69 Å². The number of fused-ring (bicyclic) bond motifs is 1.